The number of esters is 1. The molecule has 0 bridgehead atoms. The summed E-state index contributed by atoms with van der Waals surface area (Å²) in [6, 6.07) is 0.610. The van der Waals surface area contributed by atoms with Crippen LogP contribution < -0.4 is 0 Å². The summed E-state index contributed by atoms with van der Waals surface area (Å²) in [5.74, 6) is -0.421. The second-order valence-electron chi connectivity index (χ2n) is 5.44. The SMILES string of the molecule is C=CC(=O)OCCC[Si](OCC)(OCC)OC(C)CCCOC=CC. The van der Waals surface area contributed by atoms with Gasteiger partial charge in [-0.3, -0.25) is 0 Å². The first-order valence-corrected chi connectivity index (χ1v) is 10.9. The van der Waals surface area contributed by atoms with Gasteiger partial charge >= 0.3 is 14.8 Å². The Labute approximate surface area is 153 Å². The van der Waals surface area contributed by atoms with Gasteiger partial charge in [0.2, 0.25) is 0 Å². The quantitative estimate of drug-likeness (QED) is 0.134. The number of ether oxygens (including phenoxy) is 2. The van der Waals surface area contributed by atoms with Crippen molar-refractivity contribution in [2.24, 2.45) is 0 Å². The largest absolute Gasteiger partial charge is 0.502 e. The van der Waals surface area contributed by atoms with Crippen LogP contribution in [0.4, 0.5) is 0 Å². The van der Waals surface area contributed by atoms with E-state index in [4.69, 9.17) is 22.8 Å². The van der Waals surface area contributed by atoms with E-state index in [-0.39, 0.29) is 6.10 Å². The molecule has 7 heteroatoms. The highest BCUT2D eigenvalue weighted by atomic mass is 28.4. The first-order chi connectivity index (χ1) is 12.0. The summed E-state index contributed by atoms with van der Waals surface area (Å²) < 4.78 is 28.4. The zero-order valence-corrected chi connectivity index (χ0v) is 17.1. The van der Waals surface area contributed by atoms with Crippen molar-refractivity contribution in [1.82, 2.24) is 0 Å². The first kappa shape index (κ1) is 23.8. The molecule has 1 unspecified atom stereocenters. The molecule has 0 aliphatic carbocycles. The lowest BCUT2D eigenvalue weighted by molar-refractivity contribution is -0.137. The van der Waals surface area contributed by atoms with Crippen LogP contribution in [0.25, 0.3) is 0 Å². The van der Waals surface area contributed by atoms with Gasteiger partial charge in [0.15, 0.2) is 0 Å². The van der Waals surface area contributed by atoms with Gasteiger partial charge in [-0.15, -0.1) is 0 Å². The van der Waals surface area contributed by atoms with E-state index < -0.39 is 14.8 Å². The lowest BCUT2D eigenvalue weighted by atomic mass is 10.2. The summed E-state index contributed by atoms with van der Waals surface area (Å²) in [6.07, 6.45) is 7.10. The number of allylic oxidation sites excluding steroid dienone is 1. The second kappa shape index (κ2) is 15.1. The van der Waals surface area contributed by atoms with Crippen molar-refractivity contribution in [2.75, 3.05) is 26.4 Å². The molecule has 0 spiro atoms. The molecule has 0 aromatic carbocycles. The fourth-order valence-corrected chi connectivity index (χ4v) is 5.07. The summed E-state index contributed by atoms with van der Waals surface area (Å²) in [7, 11) is -2.79. The molecule has 0 rings (SSSR count). The second-order valence-corrected chi connectivity index (χ2v) is 8.11. The molecule has 25 heavy (non-hydrogen) atoms. The van der Waals surface area contributed by atoms with Crippen LogP contribution in [0.15, 0.2) is 25.0 Å². The highest BCUT2D eigenvalue weighted by Crippen LogP contribution is 2.22. The highest BCUT2D eigenvalue weighted by Gasteiger charge is 2.41. The predicted molar refractivity (Wildman–Crippen MR) is 100 cm³/mol. The molecule has 0 aliphatic heterocycles. The van der Waals surface area contributed by atoms with E-state index in [1.165, 1.54) is 0 Å². The molecule has 0 radical (unpaired) electrons. The van der Waals surface area contributed by atoms with Gasteiger partial charge in [0, 0.05) is 31.4 Å². The van der Waals surface area contributed by atoms with Crippen molar-refractivity contribution in [3.05, 3.63) is 25.0 Å². The number of hydrogen-bond acceptors (Lipinski definition) is 6. The Kier molecular flexibility index (Phi) is 14.4. The first-order valence-electron chi connectivity index (χ1n) is 9.01. The average molecular weight is 375 g/mol. The van der Waals surface area contributed by atoms with E-state index in [1.54, 1.807) is 6.26 Å². The van der Waals surface area contributed by atoms with Gasteiger partial charge in [0.25, 0.3) is 0 Å². The van der Waals surface area contributed by atoms with Gasteiger partial charge < -0.3 is 22.8 Å². The zero-order chi connectivity index (χ0) is 19.0. The number of carbonyl (C=O) groups is 1. The van der Waals surface area contributed by atoms with Crippen LogP contribution in [-0.4, -0.2) is 47.3 Å². The maximum absolute atomic E-state index is 11.1. The molecule has 146 valence electrons. The van der Waals surface area contributed by atoms with E-state index in [0.29, 0.717) is 38.9 Å². The monoisotopic (exact) mass is 374 g/mol. The molecule has 6 nitrogen and oxygen atoms in total. The molecule has 0 amide bonds. The lowest BCUT2D eigenvalue weighted by Crippen LogP contribution is -2.48. The molecule has 0 aromatic rings. The summed E-state index contributed by atoms with van der Waals surface area (Å²) in [5.41, 5.74) is 0. The smallest absolute Gasteiger partial charge is 0.501 e. The van der Waals surface area contributed by atoms with Crippen molar-refractivity contribution >= 4 is 14.8 Å². The van der Waals surface area contributed by atoms with E-state index >= 15 is 0 Å². The highest BCUT2D eigenvalue weighted by molar-refractivity contribution is 6.60. The summed E-state index contributed by atoms with van der Waals surface area (Å²) in [4.78, 5) is 11.1. The van der Waals surface area contributed by atoms with Crippen molar-refractivity contribution in [3.63, 3.8) is 0 Å². The molecule has 0 N–H and O–H groups in total. The molecule has 1 atom stereocenters. The van der Waals surface area contributed by atoms with Crippen LogP contribution in [0.1, 0.15) is 47.0 Å². The van der Waals surface area contributed by atoms with Crippen molar-refractivity contribution < 1.29 is 27.5 Å². The number of rotatable bonds is 16. The van der Waals surface area contributed by atoms with Crippen molar-refractivity contribution in [2.45, 2.75) is 59.1 Å². The maximum atomic E-state index is 11.1. The predicted octanol–water partition coefficient (Wildman–Crippen LogP) is 3.85. The number of hydrogen-bond donors (Lipinski definition) is 0. The molecule has 0 saturated carbocycles. The molecular weight excluding hydrogens is 340 g/mol. The Morgan fingerprint density at radius 3 is 2.40 bits per heavy atom. The molecule has 0 fully saturated rings. The van der Waals surface area contributed by atoms with E-state index in [1.807, 2.05) is 33.8 Å². The maximum Gasteiger partial charge on any atom is 0.501 e. The van der Waals surface area contributed by atoms with Gasteiger partial charge in [-0.05, 0) is 47.0 Å². The lowest BCUT2D eigenvalue weighted by Gasteiger charge is -2.31. The van der Waals surface area contributed by atoms with Crippen LogP contribution >= 0.6 is 0 Å². The molecule has 0 aromatic heterocycles. The minimum atomic E-state index is -2.79. The van der Waals surface area contributed by atoms with Crippen LogP contribution in [0.5, 0.6) is 0 Å². The van der Waals surface area contributed by atoms with E-state index in [9.17, 15) is 4.79 Å². The normalized spacial score (nSPS) is 13.0. The minimum absolute atomic E-state index is 0.00898. The van der Waals surface area contributed by atoms with Gasteiger partial charge in [-0.25, -0.2) is 4.79 Å². The Morgan fingerprint density at radius 2 is 1.84 bits per heavy atom. The van der Waals surface area contributed by atoms with Crippen molar-refractivity contribution in [3.8, 4) is 0 Å². The van der Waals surface area contributed by atoms with E-state index in [0.717, 1.165) is 18.9 Å². The molecule has 0 saturated heterocycles. The van der Waals surface area contributed by atoms with Crippen LogP contribution in [0.3, 0.4) is 0 Å². The van der Waals surface area contributed by atoms with Gasteiger partial charge in [-0.1, -0.05) is 12.7 Å². The molecular formula is C18H34O6Si. The number of carbonyl (C=O) groups excluding carboxylic acids is 1. The Morgan fingerprint density at radius 1 is 1.16 bits per heavy atom. The van der Waals surface area contributed by atoms with Crippen LogP contribution in [-0.2, 0) is 27.5 Å². The fourth-order valence-electron chi connectivity index (χ4n) is 2.26. The molecule has 0 aliphatic rings. The average Bonchev–Trinajstić information content (AvgIpc) is 2.58. The molecule has 0 heterocycles. The minimum Gasteiger partial charge on any atom is -0.502 e. The van der Waals surface area contributed by atoms with Crippen LogP contribution in [0.2, 0.25) is 6.04 Å². The van der Waals surface area contributed by atoms with Gasteiger partial charge in [-0.2, -0.15) is 0 Å². The Balaban J connectivity index is 4.50. The summed E-state index contributed by atoms with van der Waals surface area (Å²) in [6.45, 7) is 13.2. The standard InChI is InChI=1S/C18H34O6Si/c1-6-13-20-14-10-12-17(5)24-25(22-8-3,23-9-4)16-11-15-21-18(19)7-2/h6-7,13,17H,2,8-12,14-16H2,1,3-5H3. The van der Waals surface area contributed by atoms with Gasteiger partial charge in [0.05, 0.1) is 19.5 Å². The fraction of sp³-hybridized carbons (Fsp3) is 0.722. The van der Waals surface area contributed by atoms with Gasteiger partial charge in [0.1, 0.15) is 0 Å². The van der Waals surface area contributed by atoms with E-state index in [2.05, 4.69) is 6.58 Å². The Bertz CT molecular complexity index is 380. The summed E-state index contributed by atoms with van der Waals surface area (Å²) >= 11 is 0. The zero-order valence-electron chi connectivity index (χ0n) is 16.1. The Hall–Kier alpha value is -1.15. The third-order valence-electron chi connectivity index (χ3n) is 3.25. The van der Waals surface area contributed by atoms with Crippen LogP contribution in [0, 0.1) is 0 Å². The summed E-state index contributed by atoms with van der Waals surface area (Å²) in [5, 5.41) is 0. The topological polar surface area (TPSA) is 63.2 Å². The third kappa shape index (κ3) is 11.9. The van der Waals surface area contributed by atoms with Crippen molar-refractivity contribution in [1.29, 1.82) is 0 Å². The third-order valence-corrected chi connectivity index (χ3v) is 6.44.